The van der Waals surface area contributed by atoms with Crippen LogP contribution in [-0.4, -0.2) is 29.6 Å². The molecule has 0 aliphatic carbocycles. The van der Waals surface area contributed by atoms with Gasteiger partial charge in [0.05, 0.1) is 11.6 Å². The molecule has 0 aliphatic heterocycles. The molecule has 0 heterocycles. The van der Waals surface area contributed by atoms with Gasteiger partial charge in [-0.3, -0.25) is 9.59 Å². The minimum atomic E-state index is -0.933. The molecule has 1 atom stereocenters. The van der Waals surface area contributed by atoms with Crippen molar-refractivity contribution in [2.24, 2.45) is 17.2 Å². The van der Waals surface area contributed by atoms with Crippen molar-refractivity contribution >= 4 is 11.9 Å². The average molecular weight is 292 g/mol. The van der Waals surface area contributed by atoms with E-state index in [1.54, 1.807) is 12.1 Å². The van der Waals surface area contributed by atoms with Crippen molar-refractivity contribution in [1.82, 2.24) is 0 Å². The number of hydrogen-bond donors (Lipinski definition) is 4. The van der Waals surface area contributed by atoms with E-state index in [1.807, 2.05) is 6.07 Å². The highest BCUT2D eigenvalue weighted by Crippen LogP contribution is 2.01. The molecule has 0 aromatic heterocycles. The van der Waals surface area contributed by atoms with Crippen molar-refractivity contribution in [3.63, 3.8) is 0 Å². The fraction of sp³-hybridized carbons (Fsp3) is 0.357. The van der Waals surface area contributed by atoms with Crippen LogP contribution in [0.25, 0.3) is 0 Å². The Morgan fingerprint density at radius 1 is 1.24 bits per heavy atom. The van der Waals surface area contributed by atoms with Crippen LogP contribution >= 0.6 is 0 Å². The molecule has 1 aromatic rings. The fourth-order valence-electron chi connectivity index (χ4n) is 1.34. The number of carbonyl (C=O) groups is 2. The van der Waals surface area contributed by atoms with Gasteiger partial charge >= 0.3 is 5.97 Å². The molecule has 7 heteroatoms. The van der Waals surface area contributed by atoms with Gasteiger partial charge in [0.25, 0.3) is 0 Å². The van der Waals surface area contributed by atoms with E-state index in [9.17, 15) is 9.59 Å². The molecule has 7 nitrogen and oxygen atoms in total. The number of nitrogens with two attached hydrogens (primary N) is 3. The summed E-state index contributed by atoms with van der Waals surface area (Å²) in [5.74, 6) is -1.41. The fourth-order valence-corrected chi connectivity index (χ4v) is 1.34. The lowest BCUT2D eigenvalue weighted by molar-refractivity contribution is -0.138. The van der Waals surface area contributed by atoms with Gasteiger partial charge in [0.1, 0.15) is 6.04 Å². The molecule has 114 valence electrons. The van der Waals surface area contributed by atoms with Crippen LogP contribution in [-0.2, 0) is 4.79 Å². The predicted octanol–water partition coefficient (Wildman–Crippen LogP) is 0.184. The number of aliphatic carboxylic acids is 1. The van der Waals surface area contributed by atoms with Crippen LogP contribution in [0.4, 0.5) is 0 Å². The van der Waals surface area contributed by atoms with E-state index in [2.05, 4.69) is 0 Å². The van der Waals surface area contributed by atoms with Gasteiger partial charge in [-0.1, -0.05) is 6.42 Å². The zero-order valence-electron chi connectivity index (χ0n) is 11.7. The summed E-state index contributed by atoms with van der Waals surface area (Å²) >= 11 is 0. The molecule has 1 rings (SSSR count). The summed E-state index contributed by atoms with van der Waals surface area (Å²) in [6.07, 6.45) is 2.16. The summed E-state index contributed by atoms with van der Waals surface area (Å²) in [5, 5.41) is 16.7. The molecule has 1 amide bonds. The number of unbranched alkanes of at least 4 members (excludes halogenated alkanes) is 1. The highest BCUT2D eigenvalue weighted by Gasteiger charge is 2.09. The summed E-state index contributed by atoms with van der Waals surface area (Å²) in [4.78, 5) is 20.7. The molecule has 21 heavy (non-hydrogen) atoms. The van der Waals surface area contributed by atoms with Gasteiger partial charge in [0, 0.05) is 5.56 Å². The lowest BCUT2D eigenvalue weighted by Crippen LogP contribution is -2.29. The topological polar surface area (TPSA) is 156 Å². The lowest BCUT2D eigenvalue weighted by atomic mass is 10.1. The maximum Gasteiger partial charge on any atom is 0.320 e. The van der Waals surface area contributed by atoms with E-state index in [0.29, 0.717) is 24.1 Å². The second-order valence-electron chi connectivity index (χ2n) is 4.28. The molecule has 0 fully saturated rings. The zero-order chi connectivity index (χ0) is 16.3. The SMILES string of the molecule is N#Cc1ccc(C(N)=O)cc1.NCCCC[C@H](N)C(=O)O. The molecule has 0 radical (unpaired) electrons. The molecule has 0 saturated carbocycles. The van der Waals surface area contributed by atoms with E-state index in [1.165, 1.54) is 12.1 Å². The van der Waals surface area contributed by atoms with Crippen LogP contribution in [0.15, 0.2) is 24.3 Å². The Balaban J connectivity index is 0.000000384. The Labute approximate surface area is 123 Å². The Bertz CT molecular complexity index is 494. The van der Waals surface area contributed by atoms with Crippen molar-refractivity contribution in [3.05, 3.63) is 35.4 Å². The standard InChI is InChI=1S/C8H6N2O.C6H14N2O2/c9-5-6-1-3-7(4-2-6)8(10)11;7-4-2-1-3-5(8)6(9)10/h1-4H,(H2,10,11);5H,1-4,7-8H2,(H,9,10)/t;5-/m.0/s1. The summed E-state index contributed by atoms with van der Waals surface area (Å²) in [5.41, 5.74) is 16.3. The minimum absolute atomic E-state index is 0.420. The third kappa shape index (κ3) is 8.36. The third-order valence-corrected chi connectivity index (χ3v) is 2.58. The van der Waals surface area contributed by atoms with Crippen LogP contribution in [0.2, 0.25) is 0 Å². The van der Waals surface area contributed by atoms with E-state index in [0.717, 1.165) is 12.8 Å². The molecule has 0 aliphatic rings. The third-order valence-electron chi connectivity index (χ3n) is 2.58. The van der Waals surface area contributed by atoms with E-state index in [-0.39, 0.29) is 0 Å². The number of primary amides is 1. The van der Waals surface area contributed by atoms with Crippen LogP contribution in [0.5, 0.6) is 0 Å². The van der Waals surface area contributed by atoms with Crippen molar-refractivity contribution in [2.45, 2.75) is 25.3 Å². The first-order valence-electron chi connectivity index (χ1n) is 6.40. The van der Waals surface area contributed by atoms with Crippen LogP contribution in [0.1, 0.15) is 35.2 Å². The first-order valence-corrected chi connectivity index (χ1v) is 6.40. The van der Waals surface area contributed by atoms with E-state index in [4.69, 9.17) is 27.6 Å². The van der Waals surface area contributed by atoms with Crippen molar-refractivity contribution in [3.8, 4) is 6.07 Å². The number of carboxylic acid groups (broad SMARTS) is 1. The van der Waals surface area contributed by atoms with Gasteiger partial charge in [-0.2, -0.15) is 5.26 Å². The Kier molecular flexibility index (Phi) is 9.17. The number of rotatable bonds is 6. The highest BCUT2D eigenvalue weighted by atomic mass is 16.4. The molecule has 1 aromatic carbocycles. The molecule has 0 saturated heterocycles. The Hall–Kier alpha value is -2.43. The van der Waals surface area contributed by atoms with Gasteiger partial charge < -0.3 is 22.3 Å². The zero-order valence-corrected chi connectivity index (χ0v) is 11.7. The number of nitrogens with zero attached hydrogens (tertiary/aromatic N) is 1. The van der Waals surface area contributed by atoms with Crippen molar-refractivity contribution < 1.29 is 14.7 Å². The number of hydrogen-bond acceptors (Lipinski definition) is 5. The molecular formula is C14H20N4O3. The van der Waals surface area contributed by atoms with Crippen LogP contribution < -0.4 is 17.2 Å². The smallest absolute Gasteiger partial charge is 0.320 e. The monoisotopic (exact) mass is 292 g/mol. The first kappa shape index (κ1) is 18.6. The summed E-state index contributed by atoms with van der Waals surface area (Å²) < 4.78 is 0. The van der Waals surface area contributed by atoms with Crippen molar-refractivity contribution in [1.29, 1.82) is 5.26 Å². The molecule has 0 spiro atoms. The van der Waals surface area contributed by atoms with Gasteiger partial charge in [-0.15, -0.1) is 0 Å². The highest BCUT2D eigenvalue weighted by molar-refractivity contribution is 5.92. The summed E-state index contributed by atoms with van der Waals surface area (Å²) in [7, 11) is 0. The number of carbonyl (C=O) groups excluding carboxylic acids is 1. The van der Waals surface area contributed by atoms with Gasteiger partial charge in [0.15, 0.2) is 0 Å². The van der Waals surface area contributed by atoms with Gasteiger partial charge in [0.2, 0.25) is 5.91 Å². The minimum Gasteiger partial charge on any atom is -0.480 e. The van der Waals surface area contributed by atoms with E-state index >= 15 is 0 Å². The maximum absolute atomic E-state index is 10.5. The normalized spacial score (nSPS) is 10.7. The Morgan fingerprint density at radius 3 is 2.19 bits per heavy atom. The average Bonchev–Trinajstić information content (AvgIpc) is 2.48. The second-order valence-corrected chi connectivity index (χ2v) is 4.28. The number of carboxylic acids is 1. The Morgan fingerprint density at radius 2 is 1.81 bits per heavy atom. The molecule has 7 N–H and O–H groups in total. The molecule has 0 unspecified atom stereocenters. The largest absolute Gasteiger partial charge is 0.480 e. The van der Waals surface area contributed by atoms with Crippen molar-refractivity contribution in [2.75, 3.05) is 6.54 Å². The van der Waals surface area contributed by atoms with Crippen LogP contribution in [0, 0.1) is 11.3 Å². The van der Waals surface area contributed by atoms with Crippen LogP contribution in [0.3, 0.4) is 0 Å². The number of benzene rings is 1. The second kappa shape index (κ2) is 10.4. The summed E-state index contributed by atoms with van der Waals surface area (Å²) in [6, 6.07) is 7.39. The predicted molar refractivity (Wildman–Crippen MR) is 78.2 cm³/mol. The maximum atomic E-state index is 10.5. The number of nitriles is 1. The van der Waals surface area contributed by atoms with Gasteiger partial charge in [-0.05, 0) is 43.7 Å². The van der Waals surface area contributed by atoms with Gasteiger partial charge in [-0.25, -0.2) is 0 Å². The molecule has 0 bridgehead atoms. The molecular weight excluding hydrogens is 272 g/mol. The van der Waals surface area contributed by atoms with E-state index < -0.39 is 17.9 Å². The lowest BCUT2D eigenvalue weighted by Gasteiger charge is -2.03. The first-order chi connectivity index (χ1) is 9.92. The quantitative estimate of drug-likeness (QED) is 0.548. The number of amides is 1. The summed E-state index contributed by atoms with van der Waals surface area (Å²) in [6.45, 7) is 0.604.